The molecular weight excluding hydrogens is 599 g/mol. The Morgan fingerprint density at radius 3 is 2.03 bits per heavy atom. The van der Waals surface area contributed by atoms with E-state index in [1.165, 1.54) is 44.5 Å². The van der Waals surface area contributed by atoms with Crippen LogP contribution >= 0.6 is 24.8 Å². The van der Waals surface area contributed by atoms with E-state index in [1.54, 1.807) is 16.0 Å². The van der Waals surface area contributed by atoms with E-state index in [0.29, 0.717) is 0 Å². The molecule has 0 amide bonds. The zero-order valence-corrected chi connectivity index (χ0v) is 25.4. The zero-order chi connectivity index (χ0) is 24.6. The van der Waals surface area contributed by atoms with Crippen molar-refractivity contribution in [2.75, 3.05) is 0 Å². The first kappa shape index (κ1) is 27.5. The molecule has 0 atom stereocenters. The SMILES string of the molecule is C1=CC(c2ccoc2)=[C]([Zr](=[C](c2ccccc2)c2ccccc2)[c]2cccc3c2Cc2ccccc2-3)C1.Cl.Cl. The third kappa shape index (κ3) is 5.03. The van der Waals surface area contributed by atoms with Crippen molar-refractivity contribution in [2.45, 2.75) is 12.8 Å². The molecule has 2 aliphatic carbocycles. The van der Waals surface area contributed by atoms with Crippen LogP contribution in [0.25, 0.3) is 16.7 Å². The van der Waals surface area contributed by atoms with Crippen LogP contribution < -0.4 is 3.27 Å². The van der Waals surface area contributed by atoms with Gasteiger partial charge in [-0.15, -0.1) is 24.8 Å². The number of furan rings is 1. The summed E-state index contributed by atoms with van der Waals surface area (Å²) in [5, 5.41) is 0. The first-order valence-corrected chi connectivity index (χ1v) is 16.6. The minimum absolute atomic E-state index is 0. The molecule has 1 heterocycles. The Kier molecular flexibility index (Phi) is 8.48. The van der Waals surface area contributed by atoms with Crippen molar-refractivity contribution in [1.29, 1.82) is 0 Å². The largest absolute Gasteiger partial charge is 0.147 e. The molecule has 0 N–H and O–H groups in total. The molecule has 4 aromatic carbocycles. The van der Waals surface area contributed by atoms with Crippen molar-refractivity contribution in [3.8, 4) is 11.1 Å². The Hall–Kier alpha value is -3.03. The van der Waals surface area contributed by atoms with E-state index >= 15 is 0 Å². The second-order valence-electron chi connectivity index (χ2n) is 9.66. The summed E-state index contributed by atoms with van der Waals surface area (Å²) in [6, 6.07) is 40.3. The predicted octanol–water partition coefficient (Wildman–Crippen LogP) is 8.58. The maximum atomic E-state index is 5.55. The molecule has 0 aliphatic heterocycles. The van der Waals surface area contributed by atoms with Crippen molar-refractivity contribution in [3.63, 3.8) is 0 Å². The second kappa shape index (κ2) is 12.0. The molecule has 5 aromatic rings. The quantitative estimate of drug-likeness (QED) is 0.187. The summed E-state index contributed by atoms with van der Waals surface area (Å²) in [7, 11) is 0. The fourth-order valence-electron chi connectivity index (χ4n) is 5.93. The molecule has 0 radical (unpaired) electrons. The zero-order valence-electron chi connectivity index (χ0n) is 21.3. The van der Waals surface area contributed by atoms with Crippen LogP contribution in [-0.4, -0.2) is 3.21 Å². The van der Waals surface area contributed by atoms with Gasteiger partial charge in [-0.05, 0) is 0 Å². The van der Waals surface area contributed by atoms with E-state index in [9.17, 15) is 0 Å². The van der Waals surface area contributed by atoms with Crippen LogP contribution in [0.2, 0.25) is 0 Å². The van der Waals surface area contributed by atoms with E-state index in [-0.39, 0.29) is 24.8 Å². The number of fused-ring (bicyclic) bond motifs is 3. The van der Waals surface area contributed by atoms with Crippen LogP contribution in [0.15, 0.2) is 142 Å². The van der Waals surface area contributed by atoms with Crippen LogP contribution in [0.3, 0.4) is 0 Å². The molecule has 0 bridgehead atoms. The van der Waals surface area contributed by atoms with Crippen LogP contribution in [0.1, 0.15) is 34.2 Å². The molecule has 4 heteroatoms. The molecular formula is C35H28Cl2OZr. The number of hydrogen-bond acceptors (Lipinski definition) is 1. The van der Waals surface area contributed by atoms with Gasteiger partial charge < -0.3 is 0 Å². The number of hydrogen-bond donors (Lipinski definition) is 0. The van der Waals surface area contributed by atoms with Crippen molar-refractivity contribution >= 4 is 36.9 Å². The number of rotatable bonds is 5. The molecule has 2 aliphatic rings. The number of allylic oxidation sites excluding steroid dienone is 4. The summed E-state index contributed by atoms with van der Waals surface area (Å²) >= 11 is -2.73. The molecule has 7 rings (SSSR count). The minimum atomic E-state index is -2.73. The monoisotopic (exact) mass is 624 g/mol. The number of halogens is 2. The van der Waals surface area contributed by atoms with Crippen LogP contribution in [0.5, 0.6) is 0 Å². The molecule has 1 aromatic heterocycles. The average molecular weight is 627 g/mol. The number of benzene rings is 4. The molecule has 1 nitrogen and oxygen atoms in total. The van der Waals surface area contributed by atoms with E-state index in [1.807, 2.05) is 6.26 Å². The minimum Gasteiger partial charge on any atom is -0.147 e. The molecule has 192 valence electrons. The summed E-state index contributed by atoms with van der Waals surface area (Å²) in [6.45, 7) is 0. The standard InChI is InChI=1S/C13H9.C13H10.C9H7O.2ClH.Zr/c1-3-7-12-10(5-1)9-11-6-2-4-8-13(11)12;1-3-7-12(8-4-1)11-13-9-5-2-6-10-13;1-2-4-8(3-1)9-5-6-10-7-9;;;/h1-5,7-8H,9H2;1-10H;1,3,5-7H,2H2;2*1H;. The van der Waals surface area contributed by atoms with Gasteiger partial charge >= 0.3 is 227 Å². The van der Waals surface area contributed by atoms with Gasteiger partial charge in [-0.2, -0.15) is 0 Å². The summed E-state index contributed by atoms with van der Waals surface area (Å²) in [5.74, 6) is 0. The maximum absolute atomic E-state index is 5.55. The summed E-state index contributed by atoms with van der Waals surface area (Å²) in [6.07, 6.45) is 10.4. The smallest absolute Gasteiger partial charge is 0.147 e. The molecule has 39 heavy (non-hydrogen) atoms. The van der Waals surface area contributed by atoms with E-state index in [0.717, 1.165) is 12.8 Å². The normalized spacial score (nSPS) is 12.8. The van der Waals surface area contributed by atoms with Crippen LogP contribution in [-0.2, 0) is 27.7 Å². The van der Waals surface area contributed by atoms with Gasteiger partial charge in [0.2, 0.25) is 0 Å². The van der Waals surface area contributed by atoms with Gasteiger partial charge in [-0.25, -0.2) is 0 Å². The van der Waals surface area contributed by atoms with E-state index in [2.05, 4.69) is 121 Å². The molecule has 0 saturated heterocycles. The first-order valence-electron chi connectivity index (χ1n) is 12.9. The predicted molar refractivity (Wildman–Crippen MR) is 164 cm³/mol. The van der Waals surface area contributed by atoms with E-state index in [4.69, 9.17) is 4.42 Å². The Bertz CT molecular complexity index is 1660. The van der Waals surface area contributed by atoms with Gasteiger partial charge in [0.1, 0.15) is 0 Å². The average Bonchev–Trinajstić information content (AvgIpc) is 3.72. The van der Waals surface area contributed by atoms with Crippen molar-refractivity contribution < 1.29 is 25.7 Å². The third-order valence-electron chi connectivity index (χ3n) is 7.56. The Morgan fingerprint density at radius 1 is 0.667 bits per heavy atom. The summed E-state index contributed by atoms with van der Waals surface area (Å²) in [5.41, 5.74) is 11.1. The van der Waals surface area contributed by atoms with E-state index < -0.39 is 21.3 Å². The van der Waals surface area contributed by atoms with Crippen molar-refractivity contribution in [2.24, 2.45) is 0 Å². The van der Waals surface area contributed by atoms with Crippen molar-refractivity contribution in [1.82, 2.24) is 0 Å². The molecule has 0 saturated carbocycles. The van der Waals surface area contributed by atoms with Gasteiger partial charge in [-0.1, -0.05) is 0 Å². The summed E-state index contributed by atoms with van der Waals surface area (Å²) in [4.78, 5) is 0. The Morgan fingerprint density at radius 2 is 1.33 bits per heavy atom. The van der Waals surface area contributed by atoms with Crippen LogP contribution in [0.4, 0.5) is 0 Å². The van der Waals surface area contributed by atoms with Gasteiger partial charge in [0.05, 0.1) is 0 Å². The third-order valence-corrected chi connectivity index (χ3v) is 15.3. The van der Waals surface area contributed by atoms with Gasteiger partial charge in [0.15, 0.2) is 0 Å². The molecule has 0 unspecified atom stereocenters. The first-order chi connectivity index (χ1) is 18.4. The van der Waals surface area contributed by atoms with Gasteiger partial charge in [0.25, 0.3) is 0 Å². The topological polar surface area (TPSA) is 13.1 Å². The Balaban J connectivity index is 0.00000154. The fourth-order valence-corrected chi connectivity index (χ4v) is 14.3. The molecule has 0 spiro atoms. The van der Waals surface area contributed by atoms with Crippen molar-refractivity contribution in [3.05, 3.63) is 165 Å². The van der Waals surface area contributed by atoms with Crippen LogP contribution in [0, 0.1) is 0 Å². The van der Waals surface area contributed by atoms with Gasteiger partial charge in [-0.3, -0.25) is 0 Å². The Labute approximate surface area is 249 Å². The second-order valence-corrected chi connectivity index (χ2v) is 15.5. The maximum Gasteiger partial charge on any atom is -0.147 e. The molecule has 0 fully saturated rings. The fraction of sp³-hybridized carbons (Fsp3) is 0.0571. The van der Waals surface area contributed by atoms with Gasteiger partial charge in [0, 0.05) is 0 Å². The summed E-state index contributed by atoms with van der Waals surface area (Å²) < 4.78 is 10.3.